The number of nitrogens with zero attached hydrogens (tertiary/aromatic N) is 3. The van der Waals surface area contributed by atoms with Crippen molar-refractivity contribution in [3.8, 4) is 11.3 Å². The number of rotatable bonds is 3. The molecule has 1 saturated heterocycles. The van der Waals surface area contributed by atoms with Crippen LogP contribution in [0.15, 0.2) is 30.5 Å². The van der Waals surface area contributed by atoms with Gasteiger partial charge in [-0.15, -0.1) is 0 Å². The molecule has 1 N–H and O–H groups in total. The lowest BCUT2D eigenvalue weighted by molar-refractivity contribution is -0.143. The van der Waals surface area contributed by atoms with E-state index in [2.05, 4.69) is 4.98 Å². The van der Waals surface area contributed by atoms with Gasteiger partial charge in [-0.25, -0.2) is 9.37 Å². The van der Waals surface area contributed by atoms with Crippen molar-refractivity contribution in [2.75, 3.05) is 13.1 Å². The highest BCUT2D eigenvalue weighted by Crippen LogP contribution is 2.29. The van der Waals surface area contributed by atoms with E-state index in [1.54, 1.807) is 17.0 Å². The fourth-order valence-electron chi connectivity index (χ4n) is 3.38. The fourth-order valence-corrected chi connectivity index (χ4v) is 4.46. The summed E-state index contributed by atoms with van der Waals surface area (Å²) in [5, 5.41) is 9.09. The molecule has 0 unspecified atom stereocenters. The molecule has 0 bridgehead atoms. The molecule has 0 radical (unpaired) electrons. The quantitative estimate of drug-likeness (QED) is 0.747. The Kier molecular flexibility index (Phi) is 4.43. The molecule has 4 rings (SSSR count). The van der Waals surface area contributed by atoms with Crippen LogP contribution >= 0.6 is 11.3 Å². The predicted octanol–water partition coefficient (Wildman–Crippen LogP) is 3.45. The molecule has 0 spiro atoms. The molecule has 140 valence electrons. The number of benzene rings is 1. The summed E-state index contributed by atoms with van der Waals surface area (Å²) in [5.74, 6) is -1.53. The van der Waals surface area contributed by atoms with Gasteiger partial charge in [0.05, 0.1) is 11.6 Å². The van der Waals surface area contributed by atoms with Crippen LogP contribution in [-0.2, 0) is 4.79 Å². The molecule has 1 aliphatic heterocycles. The molecule has 27 heavy (non-hydrogen) atoms. The number of amides is 1. The number of piperidine rings is 1. The first-order chi connectivity index (χ1) is 12.9. The molecular formula is C19H18FN3O3S. The lowest BCUT2D eigenvalue weighted by Gasteiger charge is -2.29. The molecule has 8 heteroatoms. The minimum atomic E-state index is -0.791. The van der Waals surface area contributed by atoms with Crippen LogP contribution in [0.25, 0.3) is 16.2 Å². The summed E-state index contributed by atoms with van der Waals surface area (Å²) in [6, 6.07) is 6.14. The SMILES string of the molecule is Cc1c(C(=O)N2CCC(C(=O)O)CC2)sc2nc(-c3ccc(F)cc3)cn12. The second-order valence-electron chi connectivity index (χ2n) is 6.71. The summed E-state index contributed by atoms with van der Waals surface area (Å²) in [6.07, 6.45) is 2.82. The zero-order valence-corrected chi connectivity index (χ0v) is 15.5. The van der Waals surface area contributed by atoms with Crippen LogP contribution in [0.2, 0.25) is 0 Å². The van der Waals surface area contributed by atoms with Crippen LogP contribution in [0.5, 0.6) is 0 Å². The van der Waals surface area contributed by atoms with Gasteiger partial charge in [-0.1, -0.05) is 11.3 Å². The van der Waals surface area contributed by atoms with Gasteiger partial charge < -0.3 is 10.0 Å². The van der Waals surface area contributed by atoms with Crippen LogP contribution in [-0.4, -0.2) is 44.4 Å². The lowest BCUT2D eigenvalue weighted by atomic mass is 9.97. The Morgan fingerprint density at radius 2 is 1.89 bits per heavy atom. The first kappa shape index (κ1) is 17.7. The van der Waals surface area contributed by atoms with Gasteiger partial charge in [0.2, 0.25) is 0 Å². The Hall–Kier alpha value is -2.74. The van der Waals surface area contributed by atoms with Gasteiger partial charge in [0, 0.05) is 30.5 Å². The molecule has 0 saturated carbocycles. The molecule has 1 fully saturated rings. The number of fused-ring (bicyclic) bond motifs is 1. The Morgan fingerprint density at radius 1 is 1.22 bits per heavy atom. The average Bonchev–Trinajstić information content (AvgIpc) is 3.21. The van der Waals surface area contributed by atoms with E-state index in [9.17, 15) is 14.0 Å². The van der Waals surface area contributed by atoms with Crippen LogP contribution in [0.4, 0.5) is 4.39 Å². The number of aromatic nitrogens is 2. The maximum absolute atomic E-state index is 13.1. The topological polar surface area (TPSA) is 74.9 Å². The monoisotopic (exact) mass is 387 g/mol. The lowest BCUT2D eigenvalue weighted by Crippen LogP contribution is -2.40. The molecule has 1 aromatic carbocycles. The number of hydrogen-bond acceptors (Lipinski definition) is 4. The molecule has 1 aliphatic rings. The third kappa shape index (κ3) is 3.21. The first-order valence-corrected chi connectivity index (χ1v) is 9.52. The highest BCUT2D eigenvalue weighted by molar-refractivity contribution is 7.19. The highest BCUT2D eigenvalue weighted by Gasteiger charge is 2.29. The average molecular weight is 387 g/mol. The van der Waals surface area contributed by atoms with E-state index >= 15 is 0 Å². The number of halogens is 1. The number of thiazole rings is 1. The maximum atomic E-state index is 13.1. The van der Waals surface area contributed by atoms with Gasteiger partial charge in [0.25, 0.3) is 5.91 Å². The Labute approximate surface area is 158 Å². The number of aryl methyl sites for hydroxylation is 1. The van der Waals surface area contributed by atoms with Crippen LogP contribution in [0.3, 0.4) is 0 Å². The van der Waals surface area contributed by atoms with Crippen molar-refractivity contribution in [2.24, 2.45) is 5.92 Å². The largest absolute Gasteiger partial charge is 0.481 e. The molecule has 2 aromatic heterocycles. The van der Waals surface area contributed by atoms with Crippen LogP contribution in [0, 0.1) is 18.7 Å². The molecule has 3 aromatic rings. The van der Waals surface area contributed by atoms with Gasteiger partial charge in [-0.3, -0.25) is 14.0 Å². The zero-order valence-electron chi connectivity index (χ0n) is 14.7. The zero-order chi connectivity index (χ0) is 19.1. The first-order valence-electron chi connectivity index (χ1n) is 8.70. The second-order valence-corrected chi connectivity index (χ2v) is 7.68. The summed E-state index contributed by atoms with van der Waals surface area (Å²) in [5.41, 5.74) is 2.35. The molecule has 0 aliphatic carbocycles. The standard InChI is InChI=1S/C19H18FN3O3S/c1-11-16(17(24)22-8-6-13(7-9-22)18(25)26)27-19-21-15(10-23(11)19)12-2-4-14(20)5-3-12/h2-5,10,13H,6-9H2,1H3,(H,25,26). The van der Waals surface area contributed by atoms with E-state index in [0.717, 1.165) is 17.0 Å². The van der Waals surface area contributed by atoms with Gasteiger partial charge in [-0.2, -0.15) is 0 Å². The highest BCUT2D eigenvalue weighted by atomic mass is 32.1. The third-order valence-electron chi connectivity index (χ3n) is 5.02. The molecule has 1 amide bonds. The van der Waals surface area contributed by atoms with Crippen molar-refractivity contribution in [1.82, 2.24) is 14.3 Å². The van der Waals surface area contributed by atoms with Crippen molar-refractivity contribution in [1.29, 1.82) is 0 Å². The van der Waals surface area contributed by atoms with Gasteiger partial charge in [0.15, 0.2) is 4.96 Å². The van der Waals surface area contributed by atoms with Crippen molar-refractivity contribution in [3.05, 3.63) is 46.9 Å². The summed E-state index contributed by atoms with van der Waals surface area (Å²) in [6.45, 7) is 2.78. The van der Waals surface area contributed by atoms with Gasteiger partial charge in [0.1, 0.15) is 10.7 Å². The van der Waals surface area contributed by atoms with Crippen molar-refractivity contribution < 1.29 is 19.1 Å². The van der Waals surface area contributed by atoms with E-state index < -0.39 is 5.97 Å². The van der Waals surface area contributed by atoms with Crippen molar-refractivity contribution in [2.45, 2.75) is 19.8 Å². The van der Waals surface area contributed by atoms with Crippen LogP contribution < -0.4 is 0 Å². The Bertz CT molecular complexity index is 1020. The number of likely N-dealkylation sites (tertiary alicyclic amines) is 1. The summed E-state index contributed by atoms with van der Waals surface area (Å²) >= 11 is 1.32. The smallest absolute Gasteiger partial charge is 0.306 e. The van der Waals surface area contributed by atoms with E-state index in [1.807, 2.05) is 17.5 Å². The number of imidazole rings is 1. The number of carboxylic acids is 1. The van der Waals surface area contributed by atoms with E-state index in [0.29, 0.717) is 35.8 Å². The summed E-state index contributed by atoms with van der Waals surface area (Å²) < 4.78 is 15.0. The maximum Gasteiger partial charge on any atom is 0.306 e. The minimum absolute atomic E-state index is 0.0739. The van der Waals surface area contributed by atoms with Crippen LogP contribution in [0.1, 0.15) is 28.2 Å². The number of carboxylic acid groups (broad SMARTS) is 1. The molecule has 0 atom stereocenters. The number of hydrogen-bond donors (Lipinski definition) is 1. The van der Waals surface area contributed by atoms with E-state index in [1.165, 1.54) is 23.5 Å². The van der Waals surface area contributed by atoms with E-state index in [4.69, 9.17) is 5.11 Å². The number of carbonyl (C=O) groups excluding carboxylic acids is 1. The number of aliphatic carboxylic acids is 1. The third-order valence-corrected chi connectivity index (χ3v) is 6.17. The van der Waals surface area contributed by atoms with E-state index in [-0.39, 0.29) is 17.6 Å². The van der Waals surface area contributed by atoms with Gasteiger partial charge in [-0.05, 0) is 44.0 Å². The normalized spacial score (nSPS) is 15.4. The van der Waals surface area contributed by atoms with Gasteiger partial charge >= 0.3 is 5.97 Å². The van der Waals surface area contributed by atoms with Crippen molar-refractivity contribution >= 4 is 28.2 Å². The summed E-state index contributed by atoms with van der Waals surface area (Å²) in [4.78, 5) is 31.5. The fraction of sp³-hybridized carbons (Fsp3) is 0.316. The minimum Gasteiger partial charge on any atom is -0.481 e. The molecule has 6 nitrogen and oxygen atoms in total. The number of carbonyl (C=O) groups is 2. The Morgan fingerprint density at radius 3 is 2.48 bits per heavy atom. The predicted molar refractivity (Wildman–Crippen MR) is 99.5 cm³/mol. The Balaban J connectivity index is 1.57. The molecular weight excluding hydrogens is 369 g/mol. The van der Waals surface area contributed by atoms with Crippen molar-refractivity contribution in [3.63, 3.8) is 0 Å². The summed E-state index contributed by atoms with van der Waals surface area (Å²) in [7, 11) is 0. The molecule has 3 heterocycles. The second kappa shape index (κ2) is 6.77.